The number of hydrogen-bond acceptors (Lipinski definition) is 3. The van der Waals surface area contributed by atoms with Crippen LogP contribution in [0, 0.1) is 11.3 Å². The van der Waals surface area contributed by atoms with Gasteiger partial charge in [0.15, 0.2) is 0 Å². The van der Waals surface area contributed by atoms with Gasteiger partial charge in [-0.2, -0.15) is 0 Å². The number of nitrogens with one attached hydrogen (secondary N) is 1. The summed E-state index contributed by atoms with van der Waals surface area (Å²) in [6.07, 6.45) is 2.34. The van der Waals surface area contributed by atoms with Crippen molar-refractivity contribution < 1.29 is 9.53 Å². The van der Waals surface area contributed by atoms with E-state index in [1.807, 2.05) is 4.90 Å². The lowest BCUT2D eigenvalue weighted by Gasteiger charge is -2.43. The molecular weight excluding hydrogens is 228 g/mol. The molecule has 2 heterocycles. The molecule has 0 aromatic carbocycles. The van der Waals surface area contributed by atoms with Gasteiger partial charge in [-0.3, -0.25) is 4.79 Å². The highest BCUT2D eigenvalue weighted by Crippen LogP contribution is 2.34. The average Bonchev–Trinajstić information content (AvgIpc) is 2.39. The summed E-state index contributed by atoms with van der Waals surface area (Å²) in [7, 11) is 0. The Labute approximate surface area is 110 Å². The molecule has 18 heavy (non-hydrogen) atoms. The van der Waals surface area contributed by atoms with Crippen LogP contribution in [0.2, 0.25) is 0 Å². The first-order valence-corrected chi connectivity index (χ1v) is 7.13. The van der Waals surface area contributed by atoms with Crippen molar-refractivity contribution in [2.75, 3.05) is 32.8 Å². The Morgan fingerprint density at radius 1 is 1.44 bits per heavy atom. The SMILES string of the molecule is CC1COCCN1C(=O)C(C)(C)C1CCCNC1. The number of carbonyl (C=O) groups excluding carboxylic acids is 1. The Hall–Kier alpha value is -0.610. The summed E-state index contributed by atoms with van der Waals surface area (Å²) in [5.41, 5.74) is -0.265. The van der Waals surface area contributed by atoms with Gasteiger partial charge < -0.3 is 15.0 Å². The molecule has 0 aliphatic carbocycles. The number of rotatable bonds is 2. The van der Waals surface area contributed by atoms with Gasteiger partial charge in [0.25, 0.3) is 0 Å². The highest BCUT2D eigenvalue weighted by Gasteiger charge is 2.41. The minimum absolute atomic E-state index is 0.210. The Morgan fingerprint density at radius 3 is 2.83 bits per heavy atom. The summed E-state index contributed by atoms with van der Waals surface area (Å²) in [6.45, 7) is 10.4. The molecule has 2 aliphatic heterocycles. The molecule has 0 aromatic heterocycles. The van der Waals surface area contributed by atoms with Crippen molar-refractivity contribution in [2.24, 2.45) is 11.3 Å². The smallest absolute Gasteiger partial charge is 0.228 e. The highest BCUT2D eigenvalue weighted by molar-refractivity contribution is 5.82. The van der Waals surface area contributed by atoms with Crippen LogP contribution < -0.4 is 5.32 Å². The molecule has 2 aliphatic rings. The van der Waals surface area contributed by atoms with Crippen molar-refractivity contribution in [3.8, 4) is 0 Å². The maximum atomic E-state index is 12.8. The number of ether oxygens (including phenoxy) is 1. The molecule has 4 heteroatoms. The Kier molecular flexibility index (Phi) is 4.28. The fraction of sp³-hybridized carbons (Fsp3) is 0.929. The summed E-state index contributed by atoms with van der Waals surface area (Å²) in [5.74, 6) is 0.751. The van der Waals surface area contributed by atoms with Crippen LogP contribution in [0.4, 0.5) is 0 Å². The van der Waals surface area contributed by atoms with Crippen molar-refractivity contribution in [3.05, 3.63) is 0 Å². The predicted octanol–water partition coefficient (Wildman–Crippen LogP) is 1.26. The van der Waals surface area contributed by atoms with Crippen molar-refractivity contribution >= 4 is 5.91 Å². The molecule has 0 saturated carbocycles. The first-order valence-electron chi connectivity index (χ1n) is 7.13. The van der Waals surface area contributed by atoms with Crippen LogP contribution in [0.5, 0.6) is 0 Å². The maximum absolute atomic E-state index is 12.8. The van der Waals surface area contributed by atoms with E-state index in [1.54, 1.807) is 0 Å². The van der Waals surface area contributed by atoms with E-state index in [1.165, 1.54) is 6.42 Å². The van der Waals surface area contributed by atoms with Crippen LogP contribution in [0.15, 0.2) is 0 Å². The van der Waals surface area contributed by atoms with Crippen LogP contribution in [-0.4, -0.2) is 49.7 Å². The normalized spacial score (nSPS) is 30.3. The molecule has 2 rings (SSSR count). The number of carbonyl (C=O) groups is 1. The van der Waals surface area contributed by atoms with Gasteiger partial charge in [-0.25, -0.2) is 0 Å². The lowest BCUT2D eigenvalue weighted by Crippen LogP contribution is -2.55. The first kappa shape index (κ1) is 13.8. The Balaban J connectivity index is 2.05. The van der Waals surface area contributed by atoms with E-state index in [4.69, 9.17) is 4.74 Å². The number of morpholine rings is 1. The molecule has 2 unspecified atom stereocenters. The fourth-order valence-electron chi connectivity index (χ4n) is 3.04. The van der Waals surface area contributed by atoms with Crippen molar-refractivity contribution in [2.45, 2.75) is 39.7 Å². The zero-order valence-corrected chi connectivity index (χ0v) is 11.9. The highest BCUT2D eigenvalue weighted by atomic mass is 16.5. The van der Waals surface area contributed by atoms with Gasteiger partial charge in [0, 0.05) is 12.0 Å². The molecule has 2 atom stereocenters. The van der Waals surface area contributed by atoms with E-state index in [2.05, 4.69) is 26.1 Å². The number of piperidine rings is 1. The summed E-state index contributed by atoms with van der Waals surface area (Å²) in [5, 5.41) is 3.41. The van der Waals surface area contributed by atoms with Crippen molar-refractivity contribution in [1.82, 2.24) is 10.2 Å². The van der Waals surface area contributed by atoms with E-state index in [0.717, 1.165) is 26.1 Å². The van der Waals surface area contributed by atoms with Gasteiger partial charge in [-0.1, -0.05) is 13.8 Å². The second-order valence-electron chi connectivity index (χ2n) is 6.19. The van der Waals surface area contributed by atoms with E-state index in [9.17, 15) is 4.79 Å². The minimum Gasteiger partial charge on any atom is -0.377 e. The molecule has 0 bridgehead atoms. The largest absolute Gasteiger partial charge is 0.377 e. The zero-order chi connectivity index (χ0) is 13.2. The quantitative estimate of drug-likeness (QED) is 0.806. The number of nitrogens with zero attached hydrogens (tertiary/aromatic N) is 1. The van der Waals surface area contributed by atoms with E-state index < -0.39 is 0 Å². The van der Waals surface area contributed by atoms with Gasteiger partial charge in [-0.15, -0.1) is 0 Å². The van der Waals surface area contributed by atoms with Crippen LogP contribution in [-0.2, 0) is 9.53 Å². The first-order chi connectivity index (χ1) is 8.53. The van der Waals surface area contributed by atoms with Crippen LogP contribution in [0.3, 0.4) is 0 Å². The number of hydrogen-bond donors (Lipinski definition) is 1. The van der Waals surface area contributed by atoms with Crippen molar-refractivity contribution in [1.29, 1.82) is 0 Å². The second-order valence-corrected chi connectivity index (χ2v) is 6.19. The standard InChI is InChI=1S/C14H26N2O2/c1-11-10-18-8-7-16(11)13(17)14(2,3)12-5-4-6-15-9-12/h11-12,15H,4-10H2,1-3H3. The summed E-state index contributed by atoms with van der Waals surface area (Å²) in [4.78, 5) is 14.8. The third-order valence-electron chi connectivity index (χ3n) is 4.50. The summed E-state index contributed by atoms with van der Waals surface area (Å²) >= 11 is 0. The molecule has 0 aromatic rings. The molecule has 0 spiro atoms. The van der Waals surface area contributed by atoms with E-state index >= 15 is 0 Å². The lowest BCUT2D eigenvalue weighted by atomic mass is 9.73. The molecule has 4 nitrogen and oxygen atoms in total. The Bertz CT molecular complexity index is 298. The van der Waals surface area contributed by atoms with Gasteiger partial charge in [0.05, 0.1) is 19.3 Å². The van der Waals surface area contributed by atoms with Crippen LogP contribution >= 0.6 is 0 Å². The molecule has 104 valence electrons. The topological polar surface area (TPSA) is 41.6 Å². The van der Waals surface area contributed by atoms with E-state index in [0.29, 0.717) is 25.0 Å². The summed E-state index contributed by atoms with van der Waals surface area (Å²) < 4.78 is 5.41. The second kappa shape index (κ2) is 5.57. The molecule has 2 saturated heterocycles. The monoisotopic (exact) mass is 254 g/mol. The molecule has 0 radical (unpaired) electrons. The number of amides is 1. The molecule has 1 N–H and O–H groups in total. The Morgan fingerprint density at radius 2 is 2.22 bits per heavy atom. The molecule has 1 amide bonds. The average molecular weight is 254 g/mol. The third kappa shape index (κ3) is 2.69. The zero-order valence-electron chi connectivity index (χ0n) is 11.9. The predicted molar refractivity (Wildman–Crippen MR) is 71.4 cm³/mol. The van der Waals surface area contributed by atoms with Gasteiger partial charge in [0.1, 0.15) is 0 Å². The van der Waals surface area contributed by atoms with Gasteiger partial charge in [0.2, 0.25) is 5.91 Å². The summed E-state index contributed by atoms with van der Waals surface area (Å²) in [6, 6.07) is 0.210. The lowest BCUT2D eigenvalue weighted by molar-refractivity contribution is -0.152. The van der Waals surface area contributed by atoms with Crippen LogP contribution in [0.1, 0.15) is 33.6 Å². The van der Waals surface area contributed by atoms with Crippen molar-refractivity contribution in [3.63, 3.8) is 0 Å². The fourth-order valence-corrected chi connectivity index (χ4v) is 3.04. The maximum Gasteiger partial charge on any atom is 0.228 e. The van der Waals surface area contributed by atoms with Crippen LogP contribution in [0.25, 0.3) is 0 Å². The minimum atomic E-state index is -0.265. The van der Waals surface area contributed by atoms with Gasteiger partial charge in [-0.05, 0) is 38.8 Å². The molecular formula is C14H26N2O2. The third-order valence-corrected chi connectivity index (χ3v) is 4.50. The molecule has 2 fully saturated rings. The van der Waals surface area contributed by atoms with Gasteiger partial charge >= 0.3 is 0 Å². The van der Waals surface area contributed by atoms with E-state index in [-0.39, 0.29) is 11.5 Å².